The van der Waals surface area contributed by atoms with Gasteiger partial charge in [-0.2, -0.15) is 13.2 Å². The van der Waals surface area contributed by atoms with Gasteiger partial charge in [0.1, 0.15) is 0 Å². The maximum absolute atomic E-state index is 12.2. The summed E-state index contributed by atoms with van der Waals surface area (Å²) < 4.78 is 36.7. The highest BCUT2D eigenvalue weighted by Gasteiger charge is 2.28. The molecule has 0 fully saturated rings. The van der Waals surface area contributed by atoms with Crippen molar-refractivity contribution in [3.05, 3.63) is 57.8 Å². The van der Waals surface area contributed by atoms with Gasteiger partial charge in [-0.1, -0.05) is 30.3 Å². The Morgan fingerprint density at radius 2 is 1.89 bits per heavy atom. The van der Waals surface area contributed by atoms with Crippen LogP contribution in [0.5, 0.6) is 0 Å². The Balaban J connectivity index is 2.24. The Morgan fingerprint density at radius 1 is 1.16 bits per heavy atom. The van der Waals surface area contributed by atoms with E-state index < -0.39 is 5.51 Å². The first kappa shape index (κ1) is 14.1. The van der Waals surface area contributed by atoms with Crippen LogP contribution in [0.1, 0.15) is 20.8 Å². The van der Waals surface area contributed by atoms with Gasteiger partial charge in [0.05, 0.1) is 4.88 Å². The van der Waals surface area contributed by atoms with Gasteiger partial charge in [-0.15, -0.1) is 11.3 Å². The maximum Gasteiger partial charge on any atom is 0.442 e. The molecule has 0 amide bonds. The van der Waals surface area contributed by atoms with Crippen LogP contribution in [0.4, 0.5) is 13.2 Å². The van der Waals surface area contributed by atoms with Crippen LogP contribution in [0.3, 0.4) is 0 Å². The third-order valence-electron chi connectivity index (χ3n) is 2.40. The summed E-state index contributed by atoms with van der Waals surface area (Å²) in [6, 6.07) is 9.82. The standard InChI is InChI=1S/C13H9F3OS2/c14-13(15,16)19-8-9-4-1-2-5-10(9)12(17)11-6-3-7-18-11/h1-7H,8H2. The molecule has 1 nitrogen and oxygen atoms in total. The van der Waals surface area contributed by atoms with Crippen molar-refractivity contribution in [3.8, 4) is 0 Å². The van der Waals surface area contributed by atoms with Crippen LogP contribution in [0.15, 0.2) is 41.8 Å². The van der Waals surface area contributed by atoms with Gasteiger partial charge < -0.3 is 0 Å². The molecule has 0 unspecified atom stereocenters. The summed E-state index contributed by atoms with van der Waals surface area (Å²) in [5.41, 5.74) is -3.55. The van der Waals surface area contributed by atoms with E-state index >= 15 is 0 Å². The topological polar surface area (TPSA) is 17.1 Å². The van der Waals surface area contributed by atoms with Crippen molar-refractivity contribution in [2.75, 3.05) is 0 Å². The summed E-state index contributed by atoms with van der Waals surface area (Å²) in [4.78, 5) is 12.7. The number of thioether (sulfide) groups is 1. The molecule has 0 atom stereocenters. The van der Waals surface area contributed by atoms with Gasteiger partial charge in [0.2, 0.25) is 5.78 Å². The average Bonchev–Trinajstić information content (AvgIpc) is 2.89. The molecule has 100 valence electrons. The minimum Gasteiger partial charge on any atom is -0.288 e. The molecular formula is C13H9F3OS2. The van der Waals surface area contributed by atoms with Crippen molar-refractivity contribution in [3.63, 3.8) is 0 Å². The number of halogens is 3. The zero-order valence-corrected chi connectivity index (χ0v) is 11.2. The first-order chi connectivity index (χ1) is 8.97. The second-order valence-corrected chi connectivity index (χ2v) is 5.69. The lowest BCUT2D eigenvalue weighted by Gasteiger charge is -2.09. The Labute approximate surface area is 116 Å². The number of ketones is 1. The molecule has 0 bridgehead atoms. The molecule has 2 rings (SSSR count). The number of benzene rings is 1. The van der Waals surface area contributed by atoms with Crippen molar-refractivity contribution in [1.29, 1.82) is 0 Å². The highest BCUT2D eigenvalue weighted by molar-refractivity contribution is 7.99. The second kappa shape index (κ2) is 5.79. The molecule has 0 saturated carbocycles. The first-order valence-corrected chi connectivity index (χ1v) is 7.21. The van der Waals surface area contributed by atoms with Gasteiger partial charge in [-0.3, -0.25) is 4.79 Å². The fraction of sp³-hybridized carbons (Fsp3) is 0.154. The largest absolute Gasteiger partial charge is 0.442 e. The summed E-state index contributed by atoms with van der Waals surface area (Å²) in [5, 5.41) is 1.76. The molecule has 0 aliphatic heterocycles. The van der Waals surface area contributed by atoms with Crippen molar-refractivity contribution in [2.45, 2.75) is 11.3 Å². The Morgan fingerprint density at radius 3 is 2.53 bits per heavy atom. The van der Waals surface area contributed by atoms with Gasteiger partial charge in [-0.05, 0) is 28.8 Å². The van der Waals surface area contributed by atoms with E-state index in [-0.39, 0.29) is 23.3 Å². The van der Waals surface area contributed by atoms with Gasteiger partial charge in [0.15, 0.2) is 0 Å². The number of rotatable bonds is 4. The molecule has 1 heterocycles. The first-order valence-electron chi connectivity index (χ1n) is 5.34. The van der Waals surface area contributed by atoms with E-state index in [4.69, 9.17) is 0 Å². The van der Waals surface area contributed by atoms with Crippen LogP contribution in [0.25, 0.3) is 0 Å². The van der Waals surface area contributed by atoms with E-state index in [1.807, 2.05) is 0 Å². The van der Waals surface area contributed by atoms with Crippen molar-refractivity contribution < 1.29 is 18.0 Å². The molecule has 1 aromatic carbocycles. The van der Waals surface area contributed by atoms with Gasteiger partial charge in [-0.25, -0.2) is 0 Å². The zero-order chi connectivity index (χ0) is 13.9. The van der Waals surface area contributed by atoms with Crippen molar-refractivity contribution in [1.82, 2.24) is 0 Å². The van der Waals surface area contributed by atoms with Gasteiger partial charge in [0.25, 0.3) is 0 Å². The fourth-order valence-corrected chi connectivity index (χ4v) is 2.82. The van der Waals surface area contributed by atoms with Crippen LogP contribution in [0.2, 0.25) is 0 Å². The molecule has 0 saturated heterocycles. The molecule has 0 spiro atoms. The van der Waals surface area contributed by atoms with E-state index in [9.17, 15) is 18.0 Å². The molecule has 0 N–H and O–H groups in total. The summed E-state index contributed by atoms with van der Waals surface area (Å²) in [7, 11) is 0. The van der Waals surface area contributed by atoms with Gasteiger partial charge >= 0.3 is 5.51 Å². The predicted molar refractivity (Wildman–Crippen MR) is 71.5 cm³/mol. The molecule has 0 aliphatic carbocycles. The molecular weight excluding hydrogens is 293 g/mol. The minimum atomic E-state index is -4.29. The highest BCUT2D eigenvalue weighted by Crippen LogP contribution is 2.34. The third kappa shape index (κ3) is 3.84. The lowest BCUT2D eigenvalue weighted by Crippen LogP contribution is -2.06. The minimum absolute atomic E-state index is 0.133. The molecule has 6 heteroatoms. The maximum atomic E-state index is 12.2. The Kier molecular flexibility index (Phi) is 4.31. The third-order valence-corrected chi connectivity index (χ3v) is 4.05. The zero-order valence-electron chi connectivity index (χ0n) is 9.61. The summed E-state index contributed by atoms with van der Waals surface area (Å²) in [6.45, 7) is 0. The van der Waals surface area contributed by atoms with Crippen LogP contribution in [-0.2, 0) is 5.75 Å². The summed E-state index contributed by atoms with van der Waals surface area (Å²) in [5.74, 6) is -0.482. The van der Waals surface area contributed by atoms with E-state index in [0.717, 1.165) is 0 Å². The van der Waals surface area contributed by atoms with E-state index in [0.29, 0.717) is 16.0 Å². The SMILES string of the molecule is O=C(c1cccs1)c1ccccc1CSC(F)(F)F. The normalized spacial score (nSPS) is 11.5. The lowest BCUT2D eigenvalue weighted by atomic mass is 10.0. The highest BCUT2D eigenvalue weighted by atomic mass is 32.2. The van der Waals surface area contributed by atoms with Crippen molar-refractivity contribution in [2.24, 2.45) is 0 Å². The molecule has 2 aromatic rings. The molecule has 19 heavy (non-hydrogen) atoms. The monoisotopic (exact) mass is 302 g/mol. The smallest absolute Gasteiger partial charge is 0.288 e. The fourth-order valence-electron chi connectivity index (χ4n) is 1.57. The van der Waals surface area contributed by atoms with Crippen LogP contribution in [-0.4, -0.2) is 11.3 Å². The Bertz CT molecular complexity index is 562. The summed E-state index contributed by atoms with van der Waals surface area (Å²) in [6.07, 6.45) is 0. The van der Waals surface area contributed by atoms with Crippen molar-refractivity contribution >= 4 is 28.9 Å². The van der Waals surface area contributed by atoms with Crippen LogP contribution >= 0.6 is 23.1 Å². The quantitative estimate of drug-likeness (QED) is 0.759. The number of carbonyl (C=O) groups is 1. The van der Waals surface area contributed by atoms with Crippen LogP contribution < -0.4 is 0 Å². The number of thiophene rings is 1. The second-order valence-electron chi connectivity index (χ2n) is 3.70. The Hall–Kier alpha value is -1.27. The van der Waals surface area contributed by atoms with E-state index in [1.165, 1.54) is 11.3 Å². The van der Waals surface area contributed by atoms with Gasteiger partial charge in [0, 0.05) is 11.3 Å². The predicted octanol–water partition coefficient (Wildman–Crippen LogP) is 4.73. The average molecular weight is 302 g/mol. The number of hydrogen-bond acceptors (Lipinski definition) is 3. The van der Waals surface area contributed by atoms with Crippen LogP contribution in [0, 0.1) is 0 Å². The summed E-state index contributed by atoms with van der Waals surface area (Å²) >= 11 is 1.15. The van der Waals surface area contributed by atoms with E-state index in [2.05, 4.69) is 0 Å². The molecule has 0 radical (unpaired) electrons. The number of carbonyl (C=O) groups excluding carboxylic acids is 1. The lowest BCUT2D eigenvalue weighted by molar-refractivity contribution is -0.0329. The molecule has 1 aromatic heterocycles. The number of hydrogen-bond donors (Lipinski definition) is 0. The number of alkyl halides is 3. The molecule has 0 aliphatic rings. The van der Waals surface area contributed by atoms with E-state index in [1.54, 1.807) is 41.8 Å².